The number of piperazine rings is 1. The zero-order valence-electron chi connectivity index (χ0n) is 15.9. The molecule has 0 radical (unpaired) electrons. The summed E-state index contributed by atoms with van der Waals surface area (Å²) in [5.41, 5.74) is 2.64. The molecule has 2 aromatic rings. The molecule has 3 rings (SSSR count). The van der Waals surface area contributed by atoms with Crippen molar-refractivity contribution in [3.63, 3.8) is 0 Å². The molecule has 2 heterocycles. The molecule has 1 fully saturated rings. The summed E-state index contributed by atoms with van der Waals surface area (Å²) in [6, 6.07) is 5.88. The van der Waals surface area contributed by atoms with E-state index in [-0.39, 0.29) is 11.9 Å². The molecule has 1 amide bonds. The van der Waals surface area contributed by atoms with Crippen LogP contribution in [0.4, 0.5) is 5.69 Å². The van der Waals surface area contributed by atoms with Crippen molar-refractivity contribution in [2.75, 3.05) is 32.0 Å². The van der Waals surface area contributed by atoms with Crippen LogP contribution in [0.1, 0.15) is 37.7 Å². The van der Waals surface area contributed by atoms with Crippen molar-refractivity contribution in [2.24, 2.45) is 5.92 Å². The van der Waals surface area contributed by atoms with Crippen molar-refractivity contribution in [3.05, 3.63) is 29.6 Å². The Kier molecular flexibility index (Phi) is 5.68. The zero-order valence-corrected chi connectivity index (χ0v) is 15.9. The topological polar surface area (TPSA) is 83.3 Å². The van der Waals surface area contributed by atoms with E-state index in [0.29, 0.717) is 24.1 Å². The molecule has 1 aliphatic heterocycles. The Morgan fingerprint density at radius 2 is 2.27 bits per heavy atom. The van der Waals surface area contributed by atoms with Gasteiger partial charge >= 0.3 is 0 Å². The van der Waals surface area contributed by atoms with E-state index in [1.165, 1.54) is 0 Å². The average molecular weight is 357 g/mol. The van der Waals surface area contributed by atoms with Crippen LogP contribution < -0.4 is 10.6 Å². The second kappa shape index (κ2) is 7.97. The minimum absolute atomic E-state index is 0.0313. The van der Waals surface area contributed by atoms with Crippen molar-refractivity contribution >= 4 is 11.6 Å². The third-order valence-corrected chi connectivity index (χ3v) is 4.59. The van der Waals surface area contributed by atoms with E-state index < -0.39 is 0 Å². The van der Waals surface area contributed by atoms with Crippen LogP contribution in [0.25, 0.3) is 11.5 Å². The first-order valence-corrected chi connectivity index (χ1v) is 9.09. The Hall–Kier alpha value is -2.25. The van der Waals surface area contributed by atoms with Crippen LogP contribution in [0.5, 0.6) is 0 Å². The molecule has 0 spiro atoms. The number of amides is 1. The molecule has 2 N–H and O–H groups in total. The van der Waals surface area contributed by atoms with Gasteiger partial charge in [0, 0.05) is 37.3 Å². The SMILES string of the molecule is Cc1cc(-c2nc(C3CNCCN3C)no2)ccc1NC(=O)CC(C)C. The van der Waals surface area contributed by atoms with Crippen molar-refractivity contribution in [1.82, 2.24) is 20.4 Å². The standard InChI is InChI=1S/C19H27N5O2/c1-12(2)9-17(25)21-15-6-5-14(10-13(15)3)19-22-18(23-26-19)16-11-20-7-8-24(16)4/h5-6,10,12,16,20H,7-9,11H2,1-4H3,(H,21,25). The molecule has 0 aliphatic carbocycles. The second-order valence-corrected chi connectivity index (χ2v) is 7.33. The highest BCUT2D eigenvalue weighted by atomic mass is 16.5. The van der Waals surface area contributed by atoms with E-state index >= 15 is 0 Å². The van der Waals surface area contributed by atoms with E-state index in [9.17, 15) is 4.79 Å². The van der Waals surface area contributed by atoms with Gasteiger partial charge in [-0.25, -0.2) is 0 Å². The number of hydrogen-bond donors (Lipinski definition) is 2. The second-order valence-electron chi connectivity index (χ2n) is 7.33. The first-order chi connectivity index (χ1) is 12.4. The van der Waals surface area contributed by atoms with Crippen LogP contribution in [-0.4, -0.2) is 47.6 Å². The quantitative estimate of drug-likeness (QED) is 0.856. The predicted molar refractivity (Wildman–Crippen MR) is 101 cm³/mol. The lowest BCUT2D eigenvalue weighted by Crippen LogP contribution is -2.44. The van der Waals surface area contributed by atoms with E-state index in [0.717, 1.165) is 36.4 Å². The van der Waals surface area contributed by atoms with Gasteiger partial charge in [0.1, 0.15) is 0 Å². The largest absolute Gasteiger partial charge is 0.334 e. The van der Waals surface area contributed by atoms with E-state index in [2.05, 4.69) is 32.7 Å². The van der Waals surface area contributed by atoms with Gasteiger partial charge in [0.05, 0.1) is 6.04 Å². The van der Waals surface area contributed by atoms with Gasteiger partial charge in [0.25, 0.3) is 5.89 Å². The molecule has 1 aromatic heterocycles. The Balaban J connectivity index is 1.74. The monoisotopic (exact) mass is 357 g/mol. The average Bonchev–Trinajstić information content (AvgIpc) is 3.06. The number of rotatable bonds is 5. The number of anilines is 1. The number of nitrogens with zero attached hydrogens (tertiary/aromatic N) is 3. The fourth-order valence-electron chi connectivity index (χ4n) is 3.09. The van der Waals surface area contributed by atoms with Gasteiger partial charge in [0.15, 0.2) is 5.82 Å². The Morgan fingerprint density at radius 1 is 1.46 bits per heavy atom. The predicted octanol–water partition coefficient (Wildman–Crippen LogP) is 2.61. The van der Waals surface area contributed by atoms with Gasteiger partial charge in [-0.1, -0.05) is 19.0 Å². The van der Waals surface area contributed by atoms with Crippen molar-refractivity contribution in [2.45, 2.75) is 33.2 Å². The number of nitrogens with one attached hydrogen (secondary N) is 2. The van der Waals surface area contributed by atoms with Crippen molar-refractivity contribution in [3.8, 4) is 11.5 Å². The van der Waals surface area contributed by atoms with Crippen LogP contribution in [-0.2, 0) is 4.79 Å². The lowest BCUT2D eigenvalue weighted by Gasteiger charge is -2.30. The molecular weight excluding hydrogens is 330 g/mol. The summed E-state index contributed by atoms with van der Waals surface area (Å²) in [7, 11) is 2.07. The third-order valence-electron chi connectivity index (χ3n) is 4.59. The smallest absolute Gasteiger partial charge is 0.257 e. The van der Waals surface area contributed by atoms with E-state index in [4.69, 9.17) is 4.52 Å². The van der Waals surface area contributed by atoms with Crippen molar-refractivity contribution < 1.29 is 9.32 Å². The molecule has 0 saturated carbocycles. The van der Waals surface area contributed by atoms with E-state index in [1.54, 1.807) is 0 Å². The number of aryl methyl sites for hydroxylation is 1. The Bertz CT molecular complexity index is 771. The van der Waals surface area contributed by atoms with Crippen LogP contribution >= 0.6 is 0 Å². The van der Waals surface area contributed by atoms with Gasteiger partial charge in [-0.2, -0.15) is 4.98 Å². The highest BCUT2D eigenvalue weighted by molar-refractivity contribution is 5.91. The zero-order chi connectivity index (χ0) is 18.7. The van der Waals surface area contributed by atoms with Gasteiger partial charge in [0.2, 0.25) is 5.91 Å². The molecule has 1 atom stereocenters. The van der Waals surface area contributed by atoms with Gasteiger partial charge in [-0.05, 0) is 43.7 Å². The summed E-state index contributed by atoms with van der Waals surface area (Å²) in [5.74, 6) is 1.56. The van der Waals surface area contributed by atoms with Crippen molar-refractivity contribution in [1.29, 1.82) is 0 Å². The number of benzene rings is 1. The molecule has 7 heteroatoms. The molecular formula is C19H27N5O2. The fraction of sp³-hybridized carbons (Fsp3) is 0.526. The van der Waals surface area contributed by atoms with Gasteiger partial charge in [-0.3, -0.25) is 9.69 Å². The lowest BCUT2D eigenvalue weighted by atomic mass is 10.1. The van der Waals surface area contributed by atoms with Crippen LogP contribution in [0, 0.1) is 12.8 Å². The minimum atomic E-state index is 0.0313. The third kappa shape index (κ3) is 4.28. The summed E-state index contributed by atoms with van der Waals surface area (Å²) in [5, 5.41) is 10.5. The molecule has 1 aliphatic rings. The highest BCUT2D eigenvalue weighted by Crippen LogP contribution is 2.26. The minimum Gasteiger partial charge on any atom is -0.334 e. The van der Waals surface area contributed by atoms with Gasteiger partial charge in [-0.15, -0.1) is 0 Å². The normalized spacial score (nSPS) is 18.3. The maximum atomic E-state index is 12.0. The number of likely N-dealkylation sites (N-methyl/N-ethyl adjacent to an activating group) is 1. The Labute approximate surface area is 154 Å². The van der Waals surface area contributed by atoms with Gasteiger partial charge < -0.3 is 15.2 Å². The summed E-state index contributed by atoms with van der Waals surface area (Å²) in [4.78, 5) is 18.8. The molecule has 1 saturated heterocycles. The maximum absolute atomic E-state index is 12.0. The molecule has 0 bridgehead atoms. The maximum Gasteiger partial charge on any atom is 0.257 e. The van der Waals surface area contributed by atoms with Crippen LogP contribution in [0.3, 0.4) is 0 Å². The van der Waals surface area contributed by atoms with Crippen LogP contribution in [0.15, 0.2) is 22.7 Å². The number of carbonyl (C=O) groups is 1. The first kappa shape index (κ1) is 18.5. The number of hydrogen-bond acceptors (Lipinski definition) is 6. The molecule has 140 valence electrons. The van der Waals surface area contributed by atoms with Crippen LogP contribution in [0.2, 0.25) is 0 Å². The Morgan fingerprint density at radius 3 is 2.96 bits per heavy atom. The first-order valence-electron chi connectivity index (χ1n) is 9.09. The molecule has 1 aromatic carbocycles. The highest BCUT2D eigenvalue weighted by Gasteiger charge is 2.25. The number of carbonyl (C=O) groups excluding carboxylic acids is 1. The molecule has 1 unspecified atom stereocenters. The fourth-order valence-corrected chi connectivity index (χ4v) is 3.09. The molecule has 26 heavy (non-hydrogen) atoms. The lowest BCUT2D eigenvalue weighted by molar-refractivity contribution is -0.116. The molecule has 7 nitrogen and oxygen atoms in total. The summed E-state index contributed by atoms with van der Waals surface area (Å²) >= 11 is 0. The summed E-state index contributed by atoms with van der Waals surface area (Å²) < 4.78 is 5.48. The van der Waals surface area contributed by atoms with E-state index in [1.807, 2.05) is 39.0 Å². The summed E-state index contributed by atoms with van der Waals surface area (Å²) in [6.07, 6.45) is 0.511. The summed E-state index contributed by atoms with van der Waals surface area (Å²) in [6.45, 7) is 8.77. The number of aromatic nitrogens is 2.